The third-order valence-corrected chi connectivity index (χ3v) is 4.44. The van der Waals surface area contributed by atoms with Gasteiger partial charge in [-0.2, -0.15) is 0 Å². The first-order valence-corrected chi connectivity index (χ1v) is 8.55. The number of carbonyl (C=O) groups is 1. The second kappa shape index (κ2) is 7.82. The van der Waals surface area contributed by atoms with Crippen molar-refractivity contribution >= 4 is 5.97 Å². The highest BCUT2D eigenvalue weighted by Gasteiger charge is 2.24. The Hall–Kier alpha value is -1.55. The lowest BCUT2D eigenvalue weighted by Crippen LogP contribution is -2.39. The van der Waals surface area contributed by atoms with E-state index in [0.717, 1.165) is 38.1 Å². The van der Waals surface area contributed by atoms with E-state index >= 15 is 0 Å². The minimum Gasteiger partial charge on any atom is -0.494 e. The van der Waals surface area contributed by atoms with Crippen LogP contribution in [-0.4, -0.2) is 42.2 Å². The molecule has 1 unspecified atom stereocenters. The number of benzene rings is 1. The van der Waals surface area contributed by atoms with E-state index in [1.54, 1.807) is 0 Å². The van der Waals surface area contributed by atoms with Crippen LogP contribution in [0, 0.1) is 5.92 Å². The molecular formula is C19H29NO3. The minimum absolute atomic E-state index is 0.124. The van der Waals surface area contributed by atoms with E-state index in [1.807, 2.05) is 12.1 Å². The third kappa shape index (κ3) is 5.54. The highest BCUT2D eigenvalue weighted by molar-refractivity contribution is 5.70. The molecule has 0 aromatic heterocycles. The SMILES string of the molecule is CC(C)(C)c1cccc(OCCCN2CCCC(C(=O)O)C2)c1. The van der Waals surface area contributed by atoms with E-state index in [0.29, 0.717) is 13.2 Å². The summed E-state index contributed by atoms with van der Waals surface area (Å²) in [5.74, 6) is 0.0533. The summed E-state index contributed by atoms with van der Waals surface area (Å²) >= 11 is 0. The van der Waals surface area contributed by atoms with Crippen molar-refractivity contribution < 1.29 is 14.6 Å². The molecule has 1 aromatic carbocycles. The Morgan fingerprint density at radius 3 is 2.87 bits per heavy atom. The number of carboxylic acids is 1. The number of aliphatic carboxylic acids is 1. The first kappa shape index (κ1) is 17.8. The summed E-state index contributed by atoms with van der Waals surface area (Å²) in [6.07, 6.45) is 2.71. The van der Waals surface area contributed by atoms with Crippen LogP contribution in [0.3, 0.4) is 0 Å². The van der Waals surface area contributed by atoms with Crippen molar-refractivity contribution in [2.24, 2.45) is 5.92 Å². The number of hydrogen-bond acceptors (Lipinski definition) is 3. The zero-order valence-corrected chi connectivity index (χ0v) is 14.5. The van der Waals surface area contributed by atoms with Gasteiger partial charge in [-0.15, -0.1) is 0 Å². The Bertz CT molecular complexity index is 522. The van der Waals surface area contributed by atoms with Crippen LogP contribution in [0.1, 0.15) is 45.6 Å². The Morgan fingerprint density at radius 1 is 1.39 bits per heavy atom. The van der Waals surface area contributed by atoms with Gasteiger partial charge in [-0.05, 0) is 48.9 Å². The van der Waals surface area contributed by atoms with E-state index in [9.17, 15) is 4.79 Å². The predicted molar refractivity (Wildman–Crippen MR) is 92.1 cm³/mol. The van der Waals surface area contributed by atoms with Gasteiger partial charge >= 0.3 is 5.97 Å². The molecule has 1 aromatic rings. The molecule has 1 aliphatic rings. The van der Waals surface area contributed by atoms with Gasteiger partial charge in [0.1, 0.15) is 5.75 Å². The summed E-state index contributed by atoms with van der Waals surface area (Å²) in [7, 11) is 0. The summed E-state index contributed by atoms with van der Waals surface area (Å²) in [6, 6.07) is 8.28. The Balaban J connectivity index is 1.74. The molecule has 1 saturated heterocycles. The van der Waals surface area contributed by atoms with Crippen LogP contribution in [0.2, 0.25) is 0 Å². The number of ether oxygens (including phenoxy) is 1. The highest BCUT2D eigenvalue weighted by atomic mass is 16.5. The molecule has 0 spiro atoms. The molecule has 0 aliphatic carbocycles. The van der Waals surface area contributed by atoms with Crippen LogP contribution in [0.5, 0.6) is 5.75 Å². The van der Waals surface area contributed by atoms with Crippen molar-refractivity contribution in [2.45, 2.75) is 45.4 Å². The molecule has 0 amide bonds. The summed E-state index contributed by atoms with van der Waals surface area (Å²) in [6.45, 7) is 9.84. The number of likely N-dealkylation sites (tertiary alicyclic amines) is 1. The molecule has 2 rings (SSSR count). The Kier molecular flexibility index (Phi) is 6.05. The van der Waals surface area contributed by atoms with Crippen LogP contribution in [-0.2, 0) is 10.2 Å². The van der Waals surface area contributed by atoms with Gasteiger partial charge in [-0.3, -0.25) is 4.79 Å². The van der Waals surface area contributed by atoms with E-state index in [1.165, 1.54) is 5.56 Å². The minimum atomic E-state index is -0.662. The quantitative estimate of drug-likeness (QED) is 0.815. The fraction of sp³-hybridized carbons (Fsp3) is 0.632. The number of carboxylic acid groups (broad SMARTS) is 1. The van der Waals surface area contributed by atoms with Crippen LogP contribution >= 0.6 is 0 Å². The molecule has 0 radical (unpaired) electrons. The number of nitrogens with zero attached hydrogens (tertiary/aromatic N) is 1. The molecule has 0 bridgehead atoms. The lowest BCUT2D eigenvalue weighted by atomic mass is 9.87. The molecule has 1 fully saturated rings. The van der Waals surface area contributed by atoms with E-state index < -0.39 is 5.97 Å². The van der Waals surface area contributed by atoms with Crippen molar-refractivity contribution in [3.8, 4) is 5.75 Å². The van der Waals surface area contributed by atoms with Gasteiger partial charge in [-0.25, -0.2) is 0 Å². The standard InChI is InChI=1S/C19H29NO3/c1-19(2,3)16-8-4-9-17(13-16)23-12-6-11-20-10-5-7-15(14-20)18(21)22/h4,8-9,13,15H,5-7,10-12,14H2,1-3H3,(H,21,22). The largest absolute Gasteiger partial charge is 0.494 e. The summed E-state index contributed by atoms with van der Waals surface area (Å²) in [5.41, 5.74) is 1.40. The summed E-state index contributed by atoms with van der Waals surface area (Å²) in [4.78, 5) is 13.3. The zero-order valence-electron chi connectivity index (χ0n) is 14.5. The number of rotatable bonds is 6. The molecule has 128 valence electrons. The molecule has 0 saturated carbocycles. The third-order valence-electron chi connectivity index (χ3n) is 4.44. The average Bonchev–Trinajstić information content (AvgIpc) is 2.51. The fourth-order valence-corrected chi connectivity index (χ4v) is 2.99. The molecular weight excluding hydrogens is 290 g/mol. The van der Waals surface area contributed by atoms with Crippen LogP contribution in [0.15, 0.2) is 24.3 Å². The second-order valence-corrected chi connectivity index (χ2v) is 7.46. The summed E-state index contributed by atoms with van der Waals surface area (Å²) < 4.78 is 5.86. The normalized spacial score (nSPS) is 19.5. The van der Waals surface area contributed by atoms with Gasteiger partial charge in [0.15, 0.2) is 0 Å². The van der Waals surface area contributed by atoms with Crippen molar-refractivity contribution in [3.05, 3.63) is 29.8 Å². The second-order valence-electron chi connectivity index (χ2n) is 7.46. The maximum absolute atomic E-state index is 11.1. The molecule has 1 heterocycles. The van der Waals surface area contributed by atoms with Gasteiger partial charge in [-0.1, -0.05) is 32.9 Å². The average molecular weight is 319 g/mol. The van der Waals surface area contributed by atoms with Gasteiger partial charge in [0, 0.05) is 13.1 Å². The first-order valence-electron chi connectivity index (χ1n) is 8.55. The zero-order chi connectivity index (χ0) is 16.9. The van der Waals surface area contributed by atoms with Crippen molar-refractivity contribution in [1.82, 2.24) is 4.90 Å². The lowest BCUT2D eigenvalue weighted by molar-refractivity contribution is -0.143. The van der Waals surface area contributed by atoms with Crippen molar-refractivity contribution in [1.29, 1.82) is 0 Å². The van der Waals surface area contributed by atoms with Crippen LogP contribution in [0.25, 0.3) is 0 Å². The van der Waals surface area contributed by atoms with Crippen LogP contribution in [0.4, 0.5) is 0 Å². The first-order chi connectivity index (χ1) is 10.9. The molecule has 4 nitrogen and oxygen atoms in total. The number of piperidine rings is 1. The molecule has 4 heteroatoms. The van der Waals surface area contributed by atoms with Gasteiger partial charge < -0.3 is 14.7 Å². The predicted octanol–water partition coefficient (Wildman–Crippen LogP) is 3.55. The molecule has 1 aliphatic heterocycles. The van der Waals surface area contributed by atoms with E-state index in [2.05, 4.69) is 37.8 Å². The highest BCUT2D eigenvalue weighted by Crippen LogP contribution is 2.25. The lowest BCUT2D eigenvalue weighted by Gasteiger charge is -2.30. The molecule has 23 heavy (non-hydrogen) atoms. The van der Waals surface area contributed by atoms with E-state index in [-0.39, 0.29) is 11.3 Å². The van der Waals surface area contributed by atoms with E-state index in [4.69, 9.17) is 9.84 Å². The maximum Gasteiger partial charge on any atom is 0.307 e. The smallest absolute Gasteiger partial charge is 0.307 e. The Labute approximate surface area is 139 Å². The Morgan fingerprint density at radius 2 is 2.17 bits per heavy atom. The van der Waals surface area contributed by atoms with Crippen molar-refractivity contribution in [2.75, 3.05) is 26.2 Å². The van der Waals surface area contributed by atoms with Crippen LogP contribution < -0.4 is 4.74 Å². The van der Waals surface area contributed by atoms with Gasteiger partial charge in [0.25, 0.3) is 0 Å². The summed E-state index contributed by atoms with van der Waals surface area (Å²) in [5, 5.41) is 9.12. The molecule has 1 N–H and O–H groups in total. The van der Waals surface area contributed by atoms with Gasteiger partial charge in [0.2, 0.25) is 0 Å². The number of hydrogen-bond donors (Lipinski definition) is 1. The topological polar surface area (TPSA) is 49.8 Å². The van der Waals surface area contributed by atoms with Gasteiger partial charge in [0.05, 0.1) is 12.5 Å². The monoisotopic (exact) mass is 319 g/mol. The maximum atomic E-state index is 11.1. The fourth-order valence-electron chi connectivity index (χ4n) is 2.99. The van der Waals surface area contributed by atoms with Crippen molar-refractivity contribution in [3.63, 3.8) is 0 Å². The molecule has 1 atom stereocenters.